The standard InChI is InChI=1S/C14H17N3O2S/c1-7-4-3-5-9-11(7)12-13(15-6-10(18)19)16-8(2)17-14(12)20-9/h7H,3-6H2,1-2H3,(H,18,19)(H,15,16,17)/t7-/m1/s1. The van der Waals surface area contributed by atoms with E-state index in [-0.39, 0.29) is 6.54 Å². The first-order valence-electron chi connectivity index (χ1n) is 6.82. The number of rotatable bonds is 3. The fourth-order valence-corrected chi connectivity index (χ4v) is 4.26. The molecule has 0 fully saturated rings. The van der Waals surface area contributed by atoms with E-state index in [0.717, 1.165) is 16.6 Å². The van der Waals surface area contributed by atoms with Crippen molar-refractivity contribution in [2.75, 3.05) is 11.9 Å². The molecule has 3 rings (SSSR count). The molecule has 5 nitrogen and oxygen atoms in total. The average Bonchev–Trinajstić information content (AvgIpc) is 2.75. The summed E-state index contributed by atoms with van der Waals surface area (Å²) < 4.78 is 0. The van der Waals surface area contributed by atoms with Crippen molar-refractivity contribution in [3.63, 3.8) is 0 Å². The summed E-state index contributed by atoms with van der Waals surface area (Å²) in [5, 5.41) is 12.8. The lowest BCUT2D eigenvalue weighted by Crippen LogP contribution is -2.14. The number of hydrogen-bond acceptors (Lipinski definition) is 5. The molecule has 2 N–H and O–H groups in total. The van der Waals surface area contributed by atoms with Gasteiger partial charge < -0.3 is 10.4 Å². The summed E-state index contributed by atoms with van der Waals surface area (Å²) in [6, 6.07) is 0. The lowest BCUT2D eigenvalue weighted by molar-refractivity contribution is -0.134. The predicted molar refractivity (Wildman–Crippen MR) is 79.6 cm³/mol. The Balaban J connectivity index is 2.17. The Hall–Kier alpha value is -1.69. The van der Waals surface area contributed by atoms with E-state index in [1.807, 2.05) is 6.92 Å². The molecule has 0 amide bonds. The third kappa shape index (κ3) is 2.24. The zero-order valence-corrected chi connectivity index (χ0v) is 12.4. The quantitative estimate of drug-likeness (QED) is 0.909. The van der Waals surface area contributed by atoms with Crippen molar-refractivity contribution in [1.29, 1.82) is 0 Å². The fourth-order valence-electron chi connectivity index (χ4n) is 2.88. The maximum absolute atomic E-state index is 10.8. The summed E-state index contributed by atoms with van der Waals surface area (Å²) in [5.74, 6) is 0.952. The van der Waals surface area contributed by atoms with Crippen LogP contribution in [0.15, 0.2) is 0 Å². The van der Waals surface area contributed by atoms with Crippen molar-refractivity contribution in [1.82, 2.24) is 9.97 Å². The number of aliphatic carboxylic acids is 1. The molecule has 0 aromatic carbocycles. The summed E-state index contributed by atoms with van der Waals surface area (Å²) in [7, 11) is 0. The summed E-state index contributed by atoms with van der Waals surface area (Å²) in [4.78, 5) is 22.1. The minimum absolute atomic E-state index is 0.120. The Labute approximate surface area is 121 Å². The normalized spacial score (nSPS) is 18.0. The van der Waals surface area contributed by atoms with E-state index in [4.69, 9.17) is 5.11 Å². The Morgan fingerprint density at radius 2 is 2.30 bits per heavy atom. The molecule has 1 atom stereocenters. The highest BCUT2D eigenvalue weighted by Crippen LogP contribution is 2.43. The maximum Gasteiger partial charge on any atom is 0.322 e. The Morgan fingerprint density at radius 1 is 1.50 bits per heavy atom. The van der Waals surface area contributed by atoms with Gasteiger partial charge in [0, 0.05) is 4.88 Å². The molecule has 0 aliphatic heterocycles. The summed E-state index contributed by atoms with van der Waals surface area (Å²) in [6.07, 6.45) is 3.48. The average molecular weight is 291 g/mol. The summed E-state index contributed by atoms with van der Waals surface area (Å²) >= 11 is 1.73. The van der Waals surface area contributed by atoms with Gasteiger partial charge in [0.15, 0.2) is 0 Å². The highest BCUT2D eigenvalue weighted by Gasteiger charge is 2.25. The van der Waals surface area contributed by atoms with Crippen LogP contribution in [0.2, 0.25) is 0 Å². The second kappa shape index (κ2) is 5.01. The van der Waals surface area contributed by atoms with Gasteiger partial charge in [0.2, 0.25) is 0 Å². The van der Waals surface area contributed by atoms with Crippen molar-refractivity contribution >= 4 is 33.3 Å². The number of nitrogens with zero attached hydrogens (tertiary/aromatic N) is 2. The molecule has 106 valence electrons. The molecule has 2 heterocycles. The molecule has 0 saturated heterocycles. The molecule has 1 aliphatic rings. The van der Waals surface area contributed by atoms with Gasteiger partial charge in [0.05, 0.1) is 5.39 Å². The molecule has 0 unspecified atom stereocenters. The van der Waals surface area contributed by atoms with Gasteiger partial charge >= 0.3 is 5.97 Å². The number of aromatic nitrogens is 2. The lowest BCUT2D eigenvalue weighted by Gasteiger charge is -2.19. The van der Waals surface area contributed by atoms with Crippen molar-refractivity contribution in [3.8, 4) is 0 Å². The number of anilines is 1. The summed E-state index contributed by atoms with van der Waals surface area (Å²) in [6.45, 7) is 3.95. The van der Waals surface area contributed by atoms with Gasteiger partial charge in [-0.1, -0.05) is 6.92 Å². The van der Waals surface area contributed by atoms with Crippen LogP contribution in [0.1, 0.15) is 41.9 Å². The molecule has 20 heavy (non-hydrogen) atoms. The van der Waals surface area contributed by atoms with Crippen molar-refractivity contribution in [2.45, 2.75) is 39.0 Å². The van der Waals surface area contributed by atoms with E-state index in [1.54, 1.807) is 11.3 Å². The van der Waals surface area contributed by atoms with Gasteiger partial charge in [-0.2, -0.15) is 0 Å². The minimum atomic E-state index is -0.883. The number of carboxylic acid groups (broad SMARTS) is 1. The van der Waals surface area contributed by atoms with E-state index < -0.39 is 5.97 Å². The fraction of sp³-hybridized carbons (Fsp3) is 0.500. The number of hydrogen-bond donors (Lipinski definition) is 2. The van der Waals surface area contributed by atoms with E-state index in [1.165, 1.54) is 23.3 Å². The number of fused-ring (bicyclic) bond motifs is 3. The van der Waals surface area contributed by atoms with Crippen LogP contribution in [0.25, 0.3) is 10.2 Å². The van der Waals surface area contributed by atoms with E-state index >= 15 is 0 Å². The topological polar surface area (TPSA) is 75.1 Å². The maximum atomic E-state index is 10.8. The highest BCUT2D eigenvalue weighted by atomic mass is 32.1. The molecule has 0 saturated carbocycles. The van der Waals surface area contributed by atoms with Gasteiger partial charge in [0.1, 0.15) is 23.0 Å². The van der Waals surface area contributed by atoms with Gasteiger partial charge in [-0.3, -0.25) is 4.79 Å². The van der Waals surface area contributed by atoms with E-state index in [0.29, 0.717) is 17.6 Å². The Morgan fingerprint density at radius 3 is 3.05 bits per heavy atom. The SMILES string of the molecule is Cc1nc(NCC(=O)O)c2c3c(sc2n1)CCC[C@H]3C. The van der Waals surface area contributed by atoms with Crippen LogP contribution in [-0.2, 0) is 11.2 Å². The first-order valence-corrected chi connectivity index (χ1v) is 7.63. The monoisotopic (exact) mass is 291 g/mol. The molecule has 0 radical (unpaired) electrons. The molecule has 2 aromatic rings. The van der Waals surface area contributed by atoms with E-state index in [9.17, 15) is 4.79 Å². The van der Waals surface area contributed by atoms with Crippen LogP contribution in [0, 0.1) is 6.92 Å². The molecule has 0 bridgehead atoms. The largest absolute Gasteiger partial charge is 0.480 e. The number of aryl methyl sites for hydroxylation is 2. The van der Waals surface area contributed by atoms with Crippen LogP contribution in [0.4, 0.5) is 5.82 Å². The predicted octanol–water partition coefficient (Wildman–Crippen LogP) is 2.94. The smallest absolute Gasteiger partial charge is 0.322 e. The molecule has 1 aliphatic carbocycles. The summed E-state index contributed by atoms with van der Waals surface area (Å²) in [5.41, 5.74) is 1.32. The van der Waals surface area contributed by atoms with Crippen LogP contribution in [0.5, 0.6) is 0 Å². The third-order valence-electron chi connectivity index (χ3n) is 3.72. The van der Waals surface area contributed by atoms with E-state index in [2.05, 4.69) is 22.2 Å². The van der Waals surface area contributed by atoms with Gasteiger partial charge in [-0.15, -0.1) is 11.3 Å². The van der Waals surface area contributed by atoms with Crippen molar-refractivity contribution in [3.05, 3.63) is 16.3 Å². The molecule has 6 heteroatoms. The van der Waals surface area contributed by atoms with Gasteiger partial charge in [-0.25, -0.2) is 9.97 Å². The zero-order chi connectivity index (χ0) is 14.3. The van der Waals surface area contributed by atoms with Gasteiger partial charge in [-0.05, 0) is 37.7 Å². The number of carbonyl (C=O) groups is 1. The first-order chi connectivity index (χ1) is 9.56. The zero-order valence-electron chi connectivity index (χ0n) is 11.6. The second-order valence-electron chi connectivity index (χ2n) is 5.28. The molecule has 2 aromatic heterocycles. The van der Waals surface area contributed by atoms with Crippen LogP contribution < -0.4 is 5.32 Å². The number of carboxylic acids is 1. The highest BCUT2D eigenvalue weighted by molar-refractivity contribution is 7.19. The second-order valence-corrected chi connectivity index (χ2v) is 6.36. The Bertz CT molecular complexity index is 681. The number of thiophene rings is 1. The van der Waals surface area contributed by atoms with Crippen LogP contribution in [0.3, 0.4) is 0 Å². The minimum Gasteiger partial charge on any atom is -0.480 e. The van der Waals surface area contributed by atoms with Crippen LogP contribution in [-0.4, -0.2) is 27.6 Å². The molecule has 0 spiro atoms. The molecular weight excluding hydrogens is 274 g/mol. The third-order valence-corrected chi connectivity index (χ3v) is 4.88. The van der Waals surface area contributed by atoms with Crippen molar-refractivity contribution in [2.24, 2.45) is 0 Å². The lowest BCUT2D eigenvalue weighted by atomic mass is 9.87. The van der Waals surface area contributed by atoms with Crippen molar-refractivity contribution < 1.29 is 9.90 Å². The van der Waals surface area contributed by atoms with Gasteiger partial charge in [0.25, 0.3) is 0 Å². The van der Waals surface area contributed by atoms with Crippen LogP contribution >= 0.6 is 11.3 Å². The first kappa shape index (κ1) is 13.3. The number of nitrogens with one attached hydrogen (secondary N) is 1. The Kier molecular flexibility index (Phi) is 3.33. The molecular formula is C14H17N3O2S.